The molecule has 31 heavy (non-hydrogen) atoms. The molecule has 4 aromatic rings. The predicted molar refractivity (Wildman–Crippen MR) is 123 cm³/mol. The van der Waals surface area contributed by atoms with E-state index in [9.17, 15) is 4.79 Å². The summed E-state index contributed by atoms with van der Waals surface area (Å²) in [6.45, 7) is 2.31. The van der Waals surface area contributed by atoms with Crippen LogP contribution in [0.1, 0.15) is 49.0 Å². The van der Waals surface area contributed by atoms with Crippen molar-refractivity contribution < 1.29 is 4.79 Å². The molecule has 0 radical (unpaired) electrons. The number of H-pyrrole nitrogens is 1. The standard InChI is InChI=1S/C24H25N5OS/c1-16-7-2-5-11-21(16)29-23(17-8-6-12-25-13-17)27-28-24(29)31-15-22(30)19-14-26-20-10-4-3-9-18(19)20/h3-4,6,8-10,12-14,16,21,26H,2,5,7,11,15H2,1H3/t16-,21-/m1/s1. The fourth-order valence-corrected chi connectivity index (χ4v) is 5.43. The number of aromatic nitrogens is 5. The van der Waals surface area contributed by atoms with Gasteiger partial charge in [0, 0.05) is 46.7 Å². The Morgan fingerprint density at radius 3 is 2.87 bits per heavy atom. The number of carbonyl (C=O) groups excluding carboxylic acids is 1. The minimum atomic E-state index is 0.0941. The molecule has 1 aromatic carbocycles. The van der Waals surface area contributed by atoms with Crippen LogP contribution in [0.4, 0.5) is 0 Å². The van der Waals surface area contributed by atoms with E-state index in [2.05, 4.69) is 31.7 Å². The van der Waals surface area contributed by atoms with Crippen LogP contribution in [0.15, 0.2) is 60.1 Å². The quantitative estimate of drug-likeness (QED) is 0.320. The normalized spacial score (nSPS) is 19.0. The van der Waals surface area contributed by atoms with E-state index in [1.807, 2.05) is 48.8 Å². The van der Waals surface area contributed by atoms with E-state index in [-0.39, 0.29) is 5.78 Å². The lowest BCUT2D eigenvalue weighted by Crippen LogP contribution is -2.22. The number of nitrogens with one attached hydrogen (secondary N) is 1. The summed E-state index contributed by atoms with van der Waals surface area (Å²) in [7, 11) is 0. The Balaban J connectivity index is 1.45. The van der Waals surface area contributed by atoms with Crippen LogP contribution < -0.4 is 0 Å². The van der Waals surface area contributed by atoms with Gasteiger partial charge in [0.15, 0.2) is 16.8 Å². The Bertz CT molecular complexity index is 1200. The molecule has 6 nitrogen and oxygen atoms in total. The van der Waals surface area contributed by atoms with Crippen molar-refractivity contribution in [1.82, 2.24) is 24.7 Å². The summed E-state index contributed by atoms with van der Waals surface area (Å²) >= 11 is 1.48. The lowest BCUT2D eigenvalue weighted by atomic mass is 9.85. The molecule has 1 aliphatic carbocycles. The molecule has 0 saturated heterocycles. The van der Waals surface area contributed by atoms with Crippen LogP contribution in [0.2, 0.25) is 0 Å². The molecular weight excluding hydrogens is 406 g/mol. The number of aromatic amines is 1. The van der Waals surface area contributed by atoms with Crippen LogP contribution in [0.5, 0.6) is 0 Å². The Labute approximate surface area is 185 Å². The van der Waals surface area contributed by atoms with E-state index in [1.54, 1.807) is 6.20 Å². The number of Topliss-reactive ketones (excluding diaryl/α,β-unsaturated/α-hetero) is 1. The first kappa shape index (κ1) is 20.0. The van der Waals surface area contributed by atoms with Gasteiger partial charge in [-0.1, -0.05) is 49.7 Å². The molecule has 0 bridgehead atoms. The van der Waals surface area contributed by atoms with Crippen molar-refractivity contribution in [2.75, 3.05) is 5.75 Å². The highest BCUT2D eigenvalue weighted by Crippen LogP contribution is 2.39. The third-order valence-corrected chi connectivity index (χ3v) is 7.15. The van der Waals surface area contributed by atoms with Crippen LogP contribution in [-0.4, -0.2) is 36.3 Å². The van der Waals surface area contributed by atoms with Gasteiger partial charge in [0.25, 0.3) is 0 Å². The van der Waals surface area contributed by atoms with E-state index >= 15 is 0 Å². The SMILES string of the molecule is C[C@@H]1CCCC[C@H]1n1c(SCC(=O)c2c[nH]c3ccccc23)nnc1-c1cccnc1. The summed E-state index contributed by atoms with van der Waals surface area (Å²) in [5, 5.41) is 10.8. The number of carbonyl (C=O) groups is 1. The number of thioether (sulfide) groups is 1. The Hall–Kier alpha value is -2.93. The average molecular weight is 432 g/mol. The first-order valence-electron chi connectivity index (χ1n) is 10.8. The van der Waals surface area contributed by atoms with Crippen LogP contribution in [0.3, 0.4) is 0 Å². The number of fused-ring (bicyclic) bond motifs is 1. The summed E-state index contributed by atoms with van der Waals surface area (Å²) in [6, 6.07) is 12.2. The predicted octanol–water partition coefficient (Wildman–Crippen LogP) is 5.55. The lowest BCUT2D eigenvalue weighted by molar-refractivity contribution is 0.102. The molecular formula is C24H25N5OS. The highest BCUT2D eigenvalue weighted by Gasteiger charge is 2.29. The van der Waals surface area contributed by atoms with Crippen LogP contribution in [0, 0.1) is 5.92 Å². The second-order valence-electron chi connectivity index (χ2n) is 8.21. The zero-order valence-electron chi connectivity index (χ0n) is 17.5. The molecule has 1 saturated carbocycles. The Morgan fingerprint density at radius 2 is 2.03 bits per heavy atom. The monoisotopic (exact) mass is 431 g/mol. The molecule has 0 amide bonds. The minimum Gasteiger partial charge on any atom is -0.360 e. The topological polar surface area (TPSA) is 76.5 Å². The summed E-state index contributed by atoms with van der Waals surface area (Å²) in [5.74, 6) is 1.81. The maximum atomic E-state index is 13.0. The number of nitrogens with zero attached hydrogens (tertiary/aromatic N) is 4. The third kappa shape index (κ3) is 3.90. The Kier molecular flexibility index (Phi) is 5.59. The Morgan fingerprint density at radius 1 is 1.16 bits per heavy atom. The van der Waals surface area contributed by atoms with Gasteiger partial charge in [-0.15, -0.1) is 10.2 Å². The second kappa shape index (κ2) is 8.67. The van der Waals surface area contributed by atoms with Crippen molar-refractivity contribution >= 4 is 28.4 Å². The molecule has 3 aromatic heterocycles. The fraction of sp³-hybridized carbons (Fsp3) is 0.333. The van der Waals surface area contributed by atoms with E-state index in [4.69, 9.17) is 0 Å². The molecule has 5 rings (SSSR count). The van der Waals surface area contributed by atoms with Crippen molar-refractivity contribution in [3.8, 4) is 11.4 Å². The maximum absolute atomic E-state index is 13.0. The van der Waals surface area contributed by atoms with Gasteiger partial charge in [0.05, 0.1) is 5.75 Å². The van der Waals surface area contributed by atoms with E-state index in [1.165, 1.54) is 31.0 Å². The summed E-state index contributed by atoms with van der Waals surface area (Å²) in [4.78, 5) is 20.5. The van der Waals surface area contributed by atoms with Crippen LogP contribution in [0.25, 0.3) is 22.3 Å². The third-order valence-electron chi connectivity index (χ3n) is 6.20. The van der Waals surface area contributed by atoms with Gasteiger partial charge in [0.1, 0.15) is 0 Å². The van der Waals surface area contributed by atoms with Gasteiger partial charge in [-0.3, -0.25) is 14.3 Å². The molecule has 2 atom stereocenters. The first-order valence-corrected chi connectivity index (χ1v) is 11.8. The summed E-state index contributed by atoms with van der Waals surface area (Å²) < 4.78 is 2.26. The number of hydrogen-bond donors (Lipinski definition) is 1. The van der Waals surface area contributed by atoms with Crippen LogP contribution >= 0.6 is 11.8 Å². The molecule has 0 spiro atoms. The van der Waals surface area contributed by atoms with Crippen molar-refractivity contribution in [3.05, 3.63) is 60.6 Å². The molecule has 1 fully saturated rings. The van der Waals surface area contributed by atoms with Crippen LogP contribution in [-0.2, 0) is 0 Å². The zero-order valence-corrected chi connectivity index (χ0v) is 18.3. The summed E-state index contributed by atoms with van der Waals surface area (Å²) in [5.41, 5.74) is 2.67. The number of rotatable bonds is 6. The molecule has 7 heteroatoms. The number of ketones is 1. The van der Waals surface area contributed by atoms with Crippen molar-refractivity contribution in [3.63, 3.8) is 0 Å². The smallest absolute Gasteiger partial charge is 0.192 e. The number of para-hydroxylation sites is 1. The fourth-order valence-electron chi connectivity index (χ4n) is 4.56. The average Bonchev–Trinajstić information content (AvgIpc) is 3.43. The van der Waals surface area contributed by atoms with Gasteiger partial charge < -0.3 is 4.98 Å². The molecule has 0 aliphatic heterocycles. The highest BCUT2D eigenvalue weighted by atomic mass is 32.2. The van der Waals surface area contributed by atoms with E-state index < -0.39 is 0 Å². The van der Waals surface area contributed by atoms with E-state index in [0.29, 0.717) is 17.7 Å². The largest absolute Gasteiger partial charge is 0.360 e. The first-order chi connectivity index (χ1) is 15.2. The maximum Gasteiger partial charge on any atom is 0.192 e. The highest BCUT2D eigenvalue weighted by molar-refractivity contribution is 7.99. The van der Waals surface area contributed by atoms with Gasteiger partial charge >= 0.3 is 0 Å². The van der Waals surface area contributed by atoms with Crippen molar-refractivity contribution in [1.29, 1.82) is 0 Å². The summed E-state index contributed by atoms with van der Waals surface area (Å²) in [6.07, 6.45) is 10.2. The number of benzene rings is 1. The molecule has 3 heterocycles. The second-order valence-corrected chi connectivity index (χ2v) is 9.15. The molecule has 158 valence electrons. The minimum absolute atomic E-state index is 0.0941. The van der Waals surface area contributed by atoms with Gasteiger partial charge in [-0.2, -0.15) is 0 Å². The van der Waals surface area contributed by atoms with Gasteiger partial charge in [0.2, 0.25) is 0 Å². The van der Waals surface area contributed by atoms with Crippen molar-refractivity contribution in [2.45, 2.75) is 43.8 Å². The van der Waals surface area contributed by atoms with Crippen molar-refractivity contribution in [2.24, 2.45) is 5.92 Å². The molecule has 1 aliphatic rings. The number of hydrogen-bond acceptors (Lipinski definition) is 5. The zero-order chi connectivity index (χ0) is 21.2. The molecule has 0 unspecified atom stereocenters. The lowest BCUT2D eigenvalue weighted by Gasteiger charge is -2.31. The van der Waals surface area contributed by atoms with E-state index in [0.717, 1.165) is 39.4 Å². The molecule has 1 N–H and O–H groups in total. The van der Waals surface area contributed by atoms with Gasteiger partial charge in [-0.25, -0.2) is 0 Å². The number of pyridine rings is 1. The van der Waals surface area contributed by atoms with Gasteiger partial charge in [-0.05, 0) is 37.0 Å².